The van der Waals surface area contributed by atoms with Gasteiger partial charge in [0.15, 0.2) is 0 Å². The topological polar surface area (TPSA) is 58.4 Å². The predicted octanol–water partition coefficient (Wildman–Crippen LogP) is 5.43. The number of likely N-dealkylation sites (N-methyl/N-ethyl adjacent to an activating group) is 1. The number of hydrogen-bond acceptors (Lipinski definition) is 6. The molecule has 2 atom stereocenters. The van der Waals surface area contributed by atoms with Crippen LogP contribution in [0.1, 0.15) is 0 Å². The first-order chi connectivity index (χ1) is 17.7. The van der Waals surface area contributed by atoms with Crippen molar-refractivity contribution in [2.75, 3.05) is 35.8 Å². The third-order valence-corrected chi connectivity index (χ3v) is 10.6. The van der Waals surface area contributed by atoms with Gasteiger partial charge in [-0.3, -0.25) is 9.36 Å². The molecule has 2 unspecified atom stereocenters. The summed E-state index contributed by atoms with van der Waals surface area (Å²) in [6, 6.07) is 4.97. The molecule has 12 heteroatoms. The van der Waals surface area contributed by atoms with E-state index in [1.165, 1.54) is 30.0 Å². The van der Waals surface area contributed by atoms with Crippen molar-refractivity contribution in [3.63, 3.8) is 0 Å². The lowest BCUT2D eigenvalue weighted by molar-refractivity contribution is -0.127. The van der Waals surface area contributed by atoms with Crippen molar-refractivity contribution < 1.29 is 13.6 Å². The largest absolute Gasteiger partial charge is 0.357 e. The smallest absolute Gasteiger partial charge is 0.350 e. The van der Waals surface area contributed by atoms with Gasteiger partial charge in [0, 0.05) is 64.9 Å². The van der Waals surface area contributed by atoms with Gasteiger partial charge in [0.05, 0.1) is 20.6 Å². The standard InChI is InChI=1S/C25H22ClF2IN4O2S2/c1-3-20(34)33-14(11-36-12-19(33)29)10-31(2)24-16-9-17(26)21(15-5-4-13(27)8-18(15)28)23-22(16)32(6-7-37-23)25(35)30-24/h3-5,8-9,14,19H,1,6-7,10-12H2,2H3. The average molecular weight is 675 g/mol. The first-order valence-electron chi connectivity index (χ1n) is 11.4. The molecule has 1 saturated heterocycles. The number of carbonyl (C=O) groups excluding carboxylic acids is 1. The van der Waals surface area contributed by atoms with E-state index < -0.39 is 17.3 Å². The second kappa shape index (κ2) is 10.7. The van der Waals surface area contributed by atoms with Crippen LogP contribution in [0.15, 0.2) is 46.6 Å². The van der Waals surface area contributed by atoms with Crippen molar-refractivity contribution in [1.29, 1.82) is 0 Å². The van der Waals surface area contributed by atoms with E-state index in [1.54, 1.807) is 22.4 Å². The molecule has 0 aliphatic carbocycles. The molecule has 0 bridgehead atoms. The lowest BCUT2D eigenvalue weighted by Gasteiger charge is -2.40. The minimum absolute atomic E-state index is 0.0224. The quantitative estimate of drug-likeness (QED) is 0.156. The SMILES string of the molecule is C=CC(=O)N1C(I)CSCC1CN(C)c1nc(=O)n2c3c(c(-c4ccc(F)cc4F)c(Cl)cc13)SCC2. The summed E-state index contributed by atoms with van der Waals surface area (Å²) < 4.78 is 30.0. The first-order valence-corrected chi connectivity index (χ1v) is 15.2. The van der Waals surface area contributed by atoms with Gasteiger partial charge in [0.1, 0.15) is 17.5 Å². The maximum absolute atomic E-state index is 14.8. The fraction of sp³-hybridized carbons (Fsp3) is 0.320. The van der Waals surface area contributed by atoms with Crippen molar-refractivity contribution in [2.45, 2.75) is 21.5 Å². The number of nitrogens with zero attached hydrogens (tertiary/aromatic N) is 4. The van der Waals surface area contributed by atoms with Crippen LogP contribution in [-0.4, -0.2) is 61.3 Å². The molecule has 1 amide bonds. The monoisotopic (exact) mass is 674 g/mol. The number of thioether (sulfide) groups is 2. The molecule has 5 rings (SSSR count). The highest BCUT2D eigenvalue weighted by atomic mass is 127. The molecule has 0 saturated carbocycles. The van der Waals surface area contributed by atoms with Crippen molar-refractivity contribution in [3.8, 4) is 11.1 Å². The Hall–Kier alpha value is -1.83. The number of carbonyl (C=O) groups is 1. The molecular weight excluding hydrogens is 653 g/mol. The Morgan fingerprint density at radius 2 is 2.14 bits per heavy atom. The molecule has 6 nitrogen and oxygen atoms in total. The van der Waals surface area contributed by atoms with Gasteiger partial charge in [-0.15, -0.1) is 11.8 Å². The molecule has 1 fully saturated rings. The number of alkyl halides is 1. The Kier molecular flexibility index (Phi) is 7.77. The summed E-state index contributed by atoms with van der Waals surface area (Å²) >= 11 is 12.3. The number of benzene rings is 2. The fourth-order valence-corrected chi connectivity index (χ4v) is 8.92. The van der Waals surface area contributed by atoms with Crippen LogP contribution < -0.4 is 10.6 Å². The van der Waals surface area contributed by atoms with Gasteiger partial charge in [-0.05, 0) is 24.3 Å². The Bertz CT molecular complexity index is 1490. The fourth-order valence-electron chi connectivity index (χ4n) is 4.84. The van der Waals surface area contributed by atoms with E-state index in [2.05, 4.69) is 34.2 Å². The summed E-state index contributed by atoms with van der Waals surface area (Å²) in [6.45, 7) is 4.55. The molecule has 3 heterocycles. The van der Waals surface area contributed by atoms with Gasteiger partial charge < -0.3 is 9.80 Å². The zero-order valence-corrected chi connectivity index (χ0v) is 24.3. The number of halogens is 4. The summed E-state index contributed by atoms with van der Waals surface area (Å²) in [4.78, 5) is 34.5. The molecule has 2 aliphatic rings. The third kappa shape index (κ3) is 4.87. The van der Waals surface area contributed by atoms with E-state index >= 15 is 0 Å². The average Bonchev–Trinajstić information content (AvgIpc) is 2.86. The van der Waals surface area contributed by atoms with Crippen molar-refractivity contribution in [3.05, 3.63) is 64.1 Å². The number of anilines is 1. The van der Waals surface area contributed by atoms with Crippen LogP contribution >= 0.6 is 57.7 Å². The molecule has 0 spiro atoms. The number of hydrogen-bond donors (Lipinski definition) is 0. The first kappa shape index (κ1) is 26.8. The van der Waals surface area contributed by atoms with E-state index in [4.69, 9.17) is 11.6 Å². The summed E-state index contributed by atoms with van der Waals surface area (Å²) in [5.41, 5.74) is 0.829. The molecule has 194 valence electrons. The van der Waals surface area contributed by atoms with E-state index in [1.807, 2.05) is 16.8 Å². The molecule has 2 aliphatic heterocycles. The van der Waals surface area contributed by atoms with Crippen LogP contribution in [0.4, 0.5) is 14.6 Å². The van der Waals surface area contributed by atoms with Gasteiger partial charge in [-0.25, -0.2) is 13.6 Å². The molecule has 37 heavy (non-hydrogen) atoms. The van der Waals surface area contributed by atoms with Gasteiger partial charge in [-0.1, -0.05) is 40.8 Å². The summed E-state index contributed by atoms with van der Waals surface area (Å²) in [5.74, 6) is 1.07. The van der Waals surface area contributed by atoms with Gasteiger partial charge >= 0.3 is 5.69 Å². The van der Waals surface area contributed by atoms with Crippen molar-refractivity contribution in [2.24, 2.45) is 0 Å². The zero-order chi connectivity index (χ0) is 26.4. The molecule has 0 N–H and O–H groups in total. The van der Waals surface area contributed by atoms with Crippen molar-refractivity contribution >= 4 is 80.3 Å². The van der Waals surface area contributed by atoms with Crippen LogP contribution in [0.2, 0.25) is 5.02 Å². The summed E-state index contributed by atoms with van der Waals surface area (Å²) in [7, 11) is 1.84. The molecule has 0 radical (unpaired) electrons. The predicted molar refractivity (Wildman–Crippen MR) is 156 cm³/mol. The highest BCUT2D eigenvalue weighted by Gasteiger charge is 2.34. The maximum atomic E-state index is 14.8. The normalized spacial score (nSPS) is 19.2. The van der Waals surface area contributed by atoms with Gasteiger partial charge in [0.25, 0.3) is 0 Å². The van der Waals surface area contributed by atoms with Crippen LogP contribution in [0, 0.1) is 11.6 Å². The minimum atomic E-state index is -0.723. The molecule has 2 aromatic carbocycles. The lowest BCUT2D eigenvalue weighted by atomic mass is 10.0. The van der Waals surface area contributed by atoms with E-state index in [0.29, 0.717) is 46.0 Å². The Balaban J connectivity index is 1.64. The van der Waals surface area contributed by atoms with Gasteiger partial charge in [0.2, 0.25) is 5.91 Å². The number of amides is 1. The third-order valence-electron chi connectivity index (χ3n) is 6.45. The highest BCUT2D eigenvalue weighted by Crippen LogP contribution is 2.46. The second-order valence-corrected chi connectivity index (χ2v) is 12.8. The summed E-state index contributed by atoms with van der Waals surface area (Å²) in [6.07, 6.45) is 1.33. The highest BCUT2D eigenvalue weighted by molar-refractivity contribution is 14.1. The molecule has 1 aromatic heterocycles. The Labute approximate surface area is 239 Å². The summed E-state index contributed by atoms with van der Waals surface area (Å²) in [5, 5.41) is 0.949. The Morgan fingerprint density at radius 1 is 1.35 bits per heavy atom. The second-order valence-electron chi connectivity index (χ2n) is 8.76. The van der Waals surface area contributed by atoms with Crippen LogP contribution in [0.25, 0.3) is 22.0 Å². The minimum Gasteiger partial charge on any atom is -0.357 e. The lowest BCUT2D eigenvalue weighted by Crippen LogP contribution is -2.53. The van der Waals surface area contributed by atoms with E-state index in [9.17, 15) is 18.4 Å². The molecular formula is C25H22ClF2IN4O2S2. The van der Waals surface area contributed by atoms with E-state index in [0.717, 1.165) is 17.6 Å². The van der Waals surface area contributed by atoms with Crippen molar-refractivity contribution in [1.82, 2.24) is 14.5 Å². The number of aryl methyl sites for hydroxylation is 1. The van der Waals surface area contributed by atoms with Crippen LogP contribution in [0.5, 0.6) is 0 Å². The van der Waals surface area contributed by atoms with Crippen LogP contribution in [-0.2, 0) is 11.3 Å². The number of aromatic nitrogens is 2. The molecule has 3 aromatic rings. The number of rotatable bonds is 5. The van der Waals surface area contributed by atoms with Gasteiger partial charge in [-0.2, -0.15) is 16.7 Å². The van der Waals surface area contributed by atoms with E-state index in [-0.39, 0.29) is 26.6 Å². The maximum Gasteiger partial charge on any atom is 0.350 e. The van der Waals surface area contributed by atoms with Crippen LogP contribution in [0.3, 0.4) is 0 Å². The zero-order valence-electron chi connectivity index (χ0n) is 19.7. The Morgan fingerprint density at radius 3 is 2.86 bits per heavy atom.